The molecule has 7 nitrogen and oxygen atoms in total. The second-order valence-corrected chi connectivity index (χ2v) is 7.46. The van der Waals surface area contributed by atoms with Crippen LogP contribution in [0.1, 0.15) is 49.9 Å². The topological polar surface area (TPSA) is 83.5 Å². The number of carbonyl (C=O) groups is 1. The van der Waals surface area contributed by atoms with Gasteiger partial charge in [0.2, 0.25) is 0 Å². The first-order chi connectivity index (χ1) is 15.2. The summed E-state index contributed by atoms with van der Waals surface area (Å²) in [6.45, 7) is 8.71. The first-order valence-corrected chi connectivity index (χ1v) is 11.1. The first kappa shape index (κ1) is 25.5. The summed E-state index contributed by atoms with van der Waals surface area (Å²) in [5, 5.41) is 9.95. The van der Waals surface area contributed by atoms with E-state index >= 15 is 0 Å². The lowest BCUT2D eigenvalue weighted by Crippen LogP contribution is -2.62. The molecule has 1 aromatic rings. The average Bonchev–Trinajstić information content (AvgIpc) is 2.80. The number of hydrogen-bond donors (Lipinski definition) is 1. The van der Waals surface area contributed by atoms with Crippen molar-refractivity contribution in [2.45, 2.75) is 70.2 Å². The summed E-state index contributed by atoms with van der Waals surface area (Å²) in [6.07, 6.45) is 1.55. The quantitative estimate of drug-likeness (QED) is 0.271. The molecule has 1 N–H and O–H groups in total. The molecule has 1 heterocycles. The van der Waals surface area contributed by atoms with Crippen molar-refractivity contribution < 1.29 is 33.6 Å². The van der Waals surface area contributed by atoms with Crippen LogP contribution in [0.4, 0.5) is 0 Å². The van der Waals surface area contributed by atoms with Crippen LogP contribution in [0.25, 0.3) is 0 Å². The summed E-state index contributed by atoms with van der Waals surface area (Å²) in [5.41, 5.74) is 0.421. The average molecular weight is 437 g/mol. The van der Waals surface area contributed by atoms with Gasteiger partial charge in [0.1, 0.15) is 18.3 Å². The van der Waals surface area contributed by atoms with Crippen LogP contribution >= 0.6 is 0 Å². The molecule has 1 aliphatic heterocycles. The van der Waals surface area contributed by atoms with E-state index in [1.165, 1.54) is 0 Å². The molecule has 0 amide bonds. The van der Waals surface area contributed by atoms with Crippen LogP contribution < -0.4 is 0 Å². The summed E-state index contributed by atoms with van der Waals surface area (Å²) < 4.78 is 29.8. The first-order valence-electron chi connectivity index (χ1n) is 11.1. The van der Waals surface area contributed by atoms with Crippen molar-refractivity contribution in [3.63, 3.8) is 0 Å². The van der Waals surface area contributed by atoms with E-state index in [0.717, 1.165) is 25.7 Å². The predicted octanol–water partition coefficient (Wildman–Crippen LogP) is 3.50. The minimum Gasteiger partial charge on any atom is -0.450 e. The van der Waals surface area contributed by atoms with E-state index < -0.39 is 36.7 Å². The minimum atomic E-state index is -0.916. The van der Waals surface area contributed by atoms with E-state index in [-0.39, 0.29) is 13.2 Å². The highest BCUT2D eigenvalue weighted by Gasteiger charge is 2.50. The van der Waals surface area contributed by atoms with Gasteiger partial charge in [0.05, 0.1) is 18.8 Å². The predicted molar refractivity (Wildman–Crippen MR) is 117 cm³/mol. The zero-order valence-corrected chi connectivity index (χ0v) is 18.6. The lowest BCUT2D eigenvalue weighted by Gasteiger charge is -2.45. The van der Waals surface area contributed by atoms with E-state index in [9.17, 15) is 9.90 Å². The SMILES string of the molecule is C=CCOC1OC(CO)C(OCCCC)C(OCCCC)C1OC(=O)c1ccccc1. The molecule has 0 bridgehead atoms. The van der Waals surface area contributed by atoms with Gasteiger partial charge in [0.25, 0.3) is 0 Å². The highest BCUT2D eigenvalue weighted by molar-refractivity contribution is 5.89. The van der Waals surface area contributed by atoms with Crippen molar-refractivity contribution in [2.75, 3.05) is 26.4 Å². The fourth-order valence-electron chi connectivity index (χ4n) is 3.33. The number of hydrogen-bond acceptors (Lipinski definition) is 7. The highest BCUT2D eigenvalue weighted by atomic mass is 16.7. The van der Waals surface area contributed by atoms with Gasteiger partial charge in [0, 0.05) is 13.2 Å². The second-order valence-electron chi connectivity index (χ2n) is 7.46. The van der Waals surface area contributed by atoms with E-state index in [4.69, 9.17) is 23.7 Å². The monoisotopic (exact) mass is 436 g/mol. The number of esters is 1. The van der Waals surface area contributed by atoms with Gasteiger partial charge < -0.3 is 28.8 Å². The number of aliphatic hydroxyl groups excluding tert-OH is 1. The van der Waals surface area contributed by atoms with Crippen molar-refractivity contribution in [1.29, 1.82) is 0 Å². The molecule has 0 spiro atoms. The smallest absolute Gasteiger partial charge is 0.338 e. The third-order valence-corrected chi connectivity index (χ3v) is 5.02. The molecule has 31 heavy (non-hydrogen) atoms. The number of aliphatic hydroxyl groups is 1. The molecule has 2 rings (SSSR count). The molecule has 174 valence electrons. The number of carbonyl (C=O) groups excluding carboxylic acids is 1. The van der Waals surface area contributed by atoms with Crippen molar-refractivity contribution in [2.24, 2.45) is 0 Å². The van der Waals surface area contributed by atoms with Gasteiger partial charge in [-0.2, -0.15) is 0 Å². The Balaban J connectivity index is 2.29. The summed E-state index contributed by atoms with van der Waals surface area (Å²) in [6, 6.07) is 8.74. The number of unbranched alkanes of at least 4 members (excludes halogenated alkanes) is 2. The van der Waals surface area contributed by atoms with E-state index in [0.29, 0.717) is 18.8 Å². The number of benzene rings is 1. The molecule has 5 unspecified atom stereocenters. The lowest BCUT2D eigenvalue weighted by atomic mass is 9.98. The minimum absolute atomic E-state index is 0.200. The maximum absolute atomic E-state index is 12.8. The van der Waals surface area contributed by atoms with Crippen molar-refractivity contribution in [1.82, 2.24) is 0 Å². The van der Waals surface area contributed by atoms with Crippen LogP contribution in [-0.4, -0.2) is 68.2 Å². The molecule has 0 aromatic heterocycles. The zero-order valence-electron chi connectivity index (χ0n) is 18.6. The van der Waals surface area contributed by atoms with Gasteiger partial charge in [-0.1, -0.05) is 51.0 Å². The Morgan fingerprint density at radius 2 is 1.68 bits per heavy atom. The van der Waals surface area contributed by atoms with Crippen LogP contribution in [0, 0.1) is 0 Å². The second kappa shape index (κ2) is 14.3. The fourth-order valence-corrected chi connectivity index (χ4v) is 3.33. The fraction of sp³-hybridized carbons (Fsp3) is 0.625. The van der Waals surface area contributed by atoms with Gasteiger partial charge in [-0.25, -0.2) is 4.79 Å². The van der Waals surface area contributed by atoms with Gasteiger partial charge in [-0.3, -0.25) is 0 Å². The molecular formula is C24H36O7. The Hall–Kier alpha value is -1.77. The van der Waals surface area contributed by atoms with Crippen molar-refractivity contribution in [3.8, 4) is 0 Å². The van der Waals surface area contributed by atoms with Gasteiger partial charge in [0.15, 0.2) is 12.4 Å². The maximum atomic E-state index is 12.8. The van der Waals surface area contributed by atoms with Crippen LogP contribution in [-0.2, 0) is 23.7 Å². The molecule has 0 aliphatic carbocycles. The van der Waals surface area contributed by atoms with Crippen LogP contribution in [0.15, 0.2) is 43.0 Å². The molecule has 1 aliphatic rings. The third kappa shape index (κ3) is 7.70. The zero-order chi connectivity index (χ0) is 22.5. The summed E-state index contributed by atoms with van der Waals surface area (Å²) in [4.78, 5) is 12.8. The Bertz CT molecular complexity index is 636. The van der Waals surface area contributed by atoms with Crippen LogP contribution in [0.5, 0.6) is 0 Å². The van der Waals surface area contributed by atoms with Crippen molar-refractivity contribution >= 4 is 5.97 Å². The maximum Gasteiger partial charge on any atom is 0.338 e. The summed E-state index contributed by atoms with van der Waals surface area (Å²) >= 11 is 0. The largest absolute Gasteiger partial charge is 0.450 e. The van der Waals surface area contributed by atoms with Crippen molar-refractivity contribution in [3.05, 3.63) is 48.6 Å². The Morgan fingerprint density at radius 1 is 1.03 bits per heavy atom. The molecular weight excluding hydrogens is 400 g/mol. The van der Waals surface area contributed by atoms with Gasteiger partial charge >= 0.3 is 5.97 Å². The Kier molecular flexibility index (Phi) is 11.8. The van der Waals surface area contributed by atoms with Gasteiger partial charge in [-0.05, 0) is 25.0 Å². The van der Waals surface area contributed by atoms with Crippen LogP contribution in [0.3, 0.4) is 0 Å². The van der Waals surface area contributed by atoms with E-state index in [1.807, 2.05) is 6.07 Å². The normalized spacial score (nSPS) is 25.8. The molecule has 1 saturated heterocycles. The number of ether oxygens (including phenoxy) is 5. The molecule has 0 radical (unpaired) electrons. The Labute approximate surface area is 185 Å². The lowest BCUT2D eigenvalue weighted by molar-refractivity contribution is -0.310. The molecule has 0 saturated carbocycles. The third-order valence-electron chi connectivity index (χ3n) is 5.02. The Morgan fingerprint density at radius 3 is 2.26 bits per heavy atom. The number of rotatable bonds is 14. The van der Waals surface area contributed by atoms with Gasteiger partial charge in [-0.15, -0.1) is 6.58 Å². The standard InChI is InChI=1S/C24H36O7/c1-4-7-15-27-20-19(17-25)30-24(29-14-6-3)22(21(20)28-16-8-5-2)31-23(26)18-12-10-9-11-13-18/h6,9-13,19-22,24-25H,3-5,7-8,14-17H2,1-2H3. The molecule has 1 fully saturated rings. The van der Waals surface area contributed by atoms with E-state index in [1.54, 1.807) is 30.3 Å². The molecule has 5 atom stereocenters. The molecule has 7 heteroatoms. The van der Waals surface area contributed by atoms with E-state index in [2.05, 4.69) is 20.4 Å². The molecule has 1 aromatic carbocycles. The summed E-state index contributed by atoms with van der Waals surface area (Å²) in [5.74, 6) is -0.500. The highest BCUT2D eigenvalue weighted by Crippen LogP contribution is 2.30. The summed E-state index contributed by atoms with van der Waals surface area (Å²) in [7, 11) is 0. The van der Waals surface area contributed by atoms with Crippen LogP contribution in [0.2, 0.25) is 0 Å².